The molecule has 1 aliphatic heterocycles. The molecule has 0 bridgehead atoms. The second-order valence-corrected chi connectivity index (χ2v) is 5.79. The highest BCUT2D eigenvalue weighted by Gasteiger charge is 2.25. The number of carboxylic acids is 1. The summed E-state index contributed by atoms with van der Waals surface area (Å²) in [6, 6.07) is 3.75. The predicted octanol–water partition coefficient (Wildman–Crippen LogP) is 2.57. The number of rotatable bonds is 2. The molecule has 2 N–H and O–H groups in total. The van der Waals surface area contributed by atoms with Crippen molar-refractivity contribution in [1.29, 1.82) is 0 Å². The number of aromatic amines is 1. The number of aliphatic carboxylic acids is 1. The minimum atomic E-state index is -0.822. The van der Waals surface area contributed by atoms with Gasteiger partial charge in [-0.25, -0.2) is 4.79 Å². The van der Waals surface area contributed by atoms with Crippen molar-refractivity contribution in [2.24, 2.45) is 0 Å². The third-order valence-corrected chi connectivity index (χ3v) is 4.53. The second-order valence-electron chi connectivity index (χ2n) is 4.65. The molecule has 1 aromatic carbocycles. The molecule has 1 aromatic heterocycles. The number of oxazole rings is 1. The van der Waals surface area contributed by atoms with E-state index in [1.54, 1.807) is 11.8 Å². The summed E-state index contributed by atoms with van der Waals surface area (Å²) in [5, 5.41) is 9.05. The first-order valence-corrected chi connectivity index (χ1v) is 7.14. The minimum Gasteiger partial charge on any atom is -0.481 e. The molecule has 5 nitrogen and oxygen atoms in total. The van der Waals surface area contributed by atoms with E-state index in [-0.39, 0.29) is 12.3 Å². The average molecular weight is 279 g/mol. The highest BCUT2D eigenvalue weighted by molar-refractivity contribution is 7.99. The van der Waals surface area contributed by atoms with Gasteiger partial charge < -0.3 is 9.52 Å². The Balaban J connectivity index is 2.21. The highest BCUT2D eigenvalue weighted by atomic mass is 32.2. The van der Waals surface area contributed by atoms with E-state index in [1.807, 2.05) is 12.1 Å². The van der Waals surface area contributed by atoms with Crippen molar-refractivity contribution in [1.82, 2.24) is 4.98 Å². The van der Waals surface area contributed by atoms with E-state index in [0.29, 0.717) is 11.1 Å². The van der Waals surface area contributed by atoms with E-state index < -0.39 is 11.7 Å². The maximum atomic E-state index is 11.3. The first-order chi connectivity index (χ1) is 9.15. The largest absolute Gasteiger partial charge is 0.481 e. The Morgan fingerprint density at radius 2 is 2.37 bits per heavy atom. The van der Waals surface area contributed by atoms with Crippen LogP contribution < -0.4 is 5.76 Å². The summed E-state index contributed by atoms with van der Waals surface area (Å²) in [5.41, 5.74) is 2.03. The van der Waals surface area contributed by atoms with Crippen molar-refractivity contribution < 1.29 is 14.3 Å². The zero-order chi connectivity index (χ0) is 13.4. The molecule has 0 saturated heterocycles. The number of nitrogens with one attached hydrogen (secondary N) is 1. The lowest BCUT2D eigenvalue weighted by Crippen LogP contribution is -2.07. The van der Waals surface area contributed by atoms with Gasteiger partial charge >= 0.3 is 11.7 Å². The van der Waals surface area contributed by atoms with Crippen molar-refractivity contribution in [2.45, 2.75) is 30.1 Å². The van der Waals surface area contributed by atoms with Crippen molar-refractivity contribution in [2.75, 3.05) is 5.75 Å². The third-order valence-electron chi connectivity index (χ3n) is 3.37. The number of H-pyrrole nitrogens is 1. The molecule has 2 heterocycles. The Labute approximate surface area is 113 Å². The number of hydrogen-bond donors (Lipinski definition) is 2. The molecular formula is C13H13NO4S. The Bertz CT molecular complexity index is 687. The molecular weight excluding hydrogens is 266 g/mol. The van der Waals surface area contributed by atoms with Crippen LogP contribution in [0.4, 0.5) is 0 Å². The van der Waals surface area contributed by atoms with Crippen molar-refractivity contribution >= 4 is 28.8 Å². The van der Waals surface area contributed by atoms with Crippen LogP contribution in [0.1, 0.15) is 30.7 Å². The fourth-order valence-corrected chi connectivity index (χ4v) is 3.71. The SMILES string of the molecule is O=C(O)CC1CCCSc2ccc3[nH]c(=O)oc3c21. The average Bonchev–Trinajstić information content (AvgIpc) is 2.60. The van der Waals surface area contributed by atoms with Crippen molar-refractivity contribution in [3.63, 3.8) is 0 Å². The molecule has 19 heavy (non-hydrogen) atoms. The van der Waals surface area contributed by atoms with E-state index >= 15 is 0 Å². The summed E-state index contributed by atoms with van der Waals surface area (Å²) < 4.78 is 5.22. The molecule has 0 fully saturated rings. The second kappa shape index (κ2) is 4.77. The molecule has 0 saturated carbocycles. The van der Waals surface area contributed by atoms with E-state index in [0.717, 1.165) is 29.1 Å². The van der Waals surface area contributed by atoms with Gasteiger partial charge in [0.05, 0.1) is 11.9 Å². The number of aromatic nitrogens is 1. The minimum absolute atomic E-state index is 0.0710. The van der Waals surface area contributed by atoms with Crippen LogP contribution in [0.3, 0.4) is 0 Å². The quantitative estimate of drug-likeness (QED) is 0.882. The number of hydrogen-bond acceptors (Lipinski definition) is 4. The van der Waals surface area contributed by atoms with Crippen molar-refractivity contribution in [3.8, 4) is 0 Å². The van der Waals surface area contributed by atoms with Gasteiger partial charge in [0.15, 0.2) is 5.58 Å². The summed E-state index contributed by atoms with van der Waals surface area (Å²) in [6.45, 7) is 0. The lowest BCUT2D eigenvalue weighted by molar-refractivity contribution is -0.137. The highest BCUT2D eigenvalue weighted by Crippen LogP contribution is 2.41. The number of fused-ring (bicyclic) bond motifs is 3. The molecule has 2 aromatic rings. The number of benzene rings is 1. The first-order valence-electron chi connectivity index (χ1n) is 6.15. The molecule has 0 aliphatic carbocycles. The molecule has 0 amide bonds. The maximum absolute atomic E-state index is 11.3. The normalized spacial score (nSPS) is 19.1. The fraction of sp³-hybridized carbons (Fsp3) is 0.385. The number of carboxylic acid groups (broad SMARTS) is 1. The fourth-order valence-electron chi connectivity index (χ4n) is 2.60. The van der Waals surface area contributed by atoms with E-state index in [1.165, 1.54) is 0 Å². The molecule has 0 spiro atoms. The Hall–Kier alpha value is -1.69. The molecule has 100 valence electrons. The Morgan fingerprint density at radius 3 is 3.16 bits per heavy atom. The van der Waals surface area contributed by atoms with Crippen LogP contribution in [0, 0.1) is 0 Å². The van der Waals surface area contributed by atoms with Crippen molar-refractivity contribution in [3.05, 3.63) is 28.2 Å². The van der Waals surface area contributed by atoms with Crippen LogP contribution in [-0.2, 0) is 4.79 Å². The van der Waals surface area contributed by atoms with E-state index in [2.05, 4.69) is 4.98 Å². The zero-order valence-corrected chi connectivity index (χ0v) is 11.0. The lowest BCUT2D eigenvalue weighted by Gasteiger charge is -2.14. The van der Waals surface area contributed by atoms with Gasteiger partial charge in [-0.2, -0.15) is 0 Å². The summed E-state index contributed by atoms with van der Waals surface area (Å²) in [7, 11) is 0. The molecule has 6 heteroatoms. The standard InChI is InChI=1S/C13H13NO4S/c15-10(16)6-7-2-1-5-19-9-4-3-8-12(11(7)9)18-13(17)14-8/h3-4,7H,1-2,5-6H2,(H,14,17)(H,15,16). The summed E-state index contributed by atoms with van der Waals surface area (Å²) >= 11 is 1.70. The Kier molecular flexibility index (Phi) is 3.10. The van der Waals surface area contributed by atoms with Crippen LogP contribution in [0.25, 0.3) is 11.1 Å². The summed E-state index contributed by atoms with van der Waals surface area (Å²) in [5.74, 6) is -0.446. The summed E-state index contributed by atoms with van der Waals surface area (Å²) in [6.07, 6.45) is 1.84. The monoisotopic (exact) mass is 279 g/mol. The molecule has 1 aliphatic rings. The van der Waals surface area contributed by atoms with Crippen LogP contribution in [0.15, 0.2) is 26.2 Å². The summed E-state index contributed by atoms with van der Waals surface area (Å²) in [4.78, 5) is 26.0. The van der Waals surface area contributed by atoms with Gasteiger partial charge in [0, 0.05) is 10.5 Å². The molecule has 1 unspecified atom stereocenters. The molecule has 0 radical (unpaired) electrons. The number of carbonyl (C=O) groups is 1. The van der Waals surface area contributed by atoms with Crippen LogP contribution in [-0.4, -0.2) is 21.8 Å². The van der Waals surface area contributed by atoms with Crippen LogP contribution in [0.5, 0.6) is 0 Å². The first kappa shape index (κ1) is 12.3. The van der Waals surface area contributed by atoms with Gasteiger partial charge in [-0.3, -0.25) is 9.78 Å². The molecule has 1 atom stereocenters. The number of thioether (sulfide) groups is 1. The van der Waals surface area contributed by atoms with Gasteiger partial charge in [0.25, 0.3) is 0 Å². The van der Waals surface area contributed by atoms with E-state index in [4.69, 9.17) is 9.52 Å². The van der Waals surface area contributed by atoms with Crippen LogP contribution in [0.2, 0.25) is 0 Å². The molecule has 3 rings (SSSR count). The van der Waals surface area contributed by atoms with Gasteiger partial charge in [-0.1, -0.05) is 0 Å². The Morgan fingerprint density at radius 1 is 1.53 bits per heavy atom. The smallest absolute Gasteiger partial charge is 0.417 e. The van der Waals surface area contributed by atoms with E-state index in [9.17, 15) is 9.59 Å². The predicted molar refractivity (Wildman–Crippen MR) is 71.8 cm³/mol. The van der Waals surface area contributed by atoms with Gasteiger partial charge in [-0.05, 0) is 36.6 Å². The third kappa shape index (κ3) is 2.28. The lowest BCUT2D eigenvalue weighted by atomic mass is 9.91. The maximum Gasteiger partial charge on any atom is 0.417 e. The topological polar surface area (TPSA) is 83.3 Å². The van der Waals surface area contributed by atoms with Crippen LogP contribution >= 0.6 is 11.8 Å². The van der Waals surface area contributed by atoms with Gasteiger partial charge in [0.2, 0.25) is 0 Å². The van der Waals surface area contributed by atoms with Gasteiger partial charge in [-0.15, -0.1) is 11.8 Å². The zero-order valence-electron chi connectivity index (χ0n) is 10.1. The van der Waals surface area contributed by atoms with Gasteiger partial charge in [0.1, 0.15) is 0 Å².